The van der Waals surface area contributed by atoms with Crippen LogP contribution >= 0.6 is 0 Å². The van der Waals surface area contributed by atoms with E-state index in [0.717, 1.165) is 55.8 Å². The quantitative estimate of drug-likeness (QED) is 0.336. The Morgan fingerprint density at radius 1 is 1.32 bits per heavy atom. The van der Waals surface area contributed by atoms with Crippen LogP contribution in [-0.2, 0) is 23.0 Å². The molecule has 1 saturated heterocycles. The monoisotopic (exact) mass is 465 g/mol. The molecule has 0 bridgehead atoms. The van der Waals surface area contributed by atoms with Gasteiger partial charge < -0.3 is 9.57 Å². The Hall–Kier alpha value is -3.37. The third-order valence-corrected chi connectivity index (χ3v) is 5.77. The summed E-state index contributed by atoms with van der Waals surface area (Å²) >= 11 is 0. The molecule has 10 heteroatoms. The SMILES string of the molecule is C=NOC(CN1CCCOCC1)=NCC1=CCCC(Cc2nn(-c3cnn(C)c3)ccc2=O)=C1. The number of ether oxygens (including phenoxy) is 1. The van der Waals surface area contributed by atoms with Gasteiger partial charge in [-0.3, -0.25) is 14.4 Å². The van der Waals surface area contributed by atoms with E-state index in [4.69, 9.17) is 9.57 Å². The predicted molar refractivity (Wildman–Crippen MR) is 131 cm³/mol. The Morgan fingerprint density at radius 2 is 2.24 bits per heavy atom. The zero-order valence-electron chi connectivity index (χ0n) is 19.6. The zero-order valence-corrected chi connectivity index (χ0v) is 19.6. The first-order valence-electron chi connectivity index (χ1n) is 11.5. The second kappa shape index (κ2) is 11.7. The van der Waals surface area contributed by atoms with E-state index in [2.05, 4.69) is 44.1 Å². The topological polar surface area (TPSA) is 99.1 Å². The molecule has 180 valence electrons. The van der Waals surface area contributed by atoms with Crippen LogP contribution in [-0.4, -0.2) is 76.5 Å². The van der Waals surface area contributed by atoms with Crippen LogP contribution in [0.5, 0.6) is 0 Å². The largest absolute Gasteiger partial charge is 0.380 e. The summed E-state index contributed by atoms with van der Waals surface area (Å²) in [5.74, 6) is 0.544. The smallest absolute Gasteiger partial charge is 0.234 e. The van der Waals surface area contributed by atoms with Gasteiger partial charge in [0.15, 0.2) is 0 Å². The van der Waals surface area contributed by atoms with Gasteiger partial charge in [0.2, 0.25) is 11.3 Å². The third kappa shape index (κ3) is 6.58. The molecule has 3 heterocycles. The lowest BCUT2D eigenvalue weighted by atomic mass is 9.96. The van der Waals surface area contributed by atoms with Crippen LogP contribution < -0.4 is 5.43 Å². The molecular formula is C24H31N7O3. The molecule has 0 unspecified atom stereocenters. The molecule has 34 heavy (non-hydrogen) atoms. The minimum atomic E-state index is -0.0654. The van der Waals surface area contributed by atoms with Crippen molar-refractivity contribution in [2.75, 3.05) is 39.4 Å². The summed E-state index contributed by atoms with van der Waals surface area (Å²) in [6.45, 7) is 7.78. The van der Waals surface area contributed by atoms with Gasteiger partial charge in [0.05, 0.1) is 32.1 Å². The summed E-state index contributed by atoms with van der Waals surface area (Å²) in [6, 6.07) is 1.56. The van der Waals surface area contributed by atoms with E-state index >= 15 is 0 Å². The molecule has 0 N–H and O–H groups in total. The molecule has 0 amide bonds. The van der Waals surface area contributed by atoms with Crippen molar-refractivity contribution >= 4 is 12.6 Å². The molecule has 2 aromatic heterocycles. The lowest BCUT2D eigenvalue weighted by Crippen LogP contribution is -2.32. The molecule has 2 aliphatic rings. The van der Waals surface area contributed by atoms with Gasteiger partial charge in [-0.05, 0) is 24.8 Å². The van der Waals surface area contributed by atoms with Crippen molar-refractivity contribution in [3.63, 3.8) is 0 Å². The molecule has 0 radical (unpaired) electrons. The fraction of sp³-hybridized carbons (Fsp3) is 0.458. The Labute approximate surface area is 198 Å². The molecule has 1 fully saturated rings. The summed E-state index contributed by atoms with van der Waals surface area (Å²) in [7, 11) is 1.85. The van der Waals surface area contributed by atoms with E-state index in [1.165, 1.54) is 0 Å². The van der Waals surface area contributed by atoms with Gasteiger partial charge in [0.25, 0.3) is 0 Å². The van der Waals surface area contributed by atoms with E-state index < -0.39 is 0 Å². The summed E-state index contributed by atoms with van der Waals surface area (Å²) in [6.07, 6.45) is 12.8. The van der Waals surface area contributed by atoms with Gasteiger partial charge in [-0.2, -0.15) is 10.2 Å². The summed E-state index contributed by atoms with van der Waals surface area (Å²) in [4.78, 5) is 24.7. The van der Waals surface area contributed by atoms with Crippen LogP contribution in [0.4, 0.5) is 0 Å². The average molecular weight is 466 g/mol. The van der Waals surface area contributed by atoms with Crippen LogP contribution in [0.2, 0.25) is 0 Å². The molecule has 10 nitrogen and oxygen atoms in total. The van der Waals surface area contributed by atoms with Gasteiger partial charge in [-0.15, -0.1) is 0 Å². The third-order valence-electron chi connectivity index (χ3n) is 5.77. The van der Waals surface area contributed by atoms with E-state index in [1.807, 2.05) is 13.2 Å². The van der Waals surface area contributed by atoms with Crippen LogP contribution in [0.15, 0.2) is 62.9 Å². The fourth-order valence-corrected chi connectivity index (χ4v) is 4.05. The number of rotatable bonds is 8. The second-order valence-corrected chi connectivity index (χ2v) is 8.41. The zero-order chi connectivity index (χ0) is 23.8. The molecule has 2 aromatic rings. The molecule has 0 spiro atoms. The number of hydrogen-bond acceptors (Lipinski definition) is 8. The van der Waals surface area contributed by atoms with Gasteiger partial charge in [-0.25, -0.2) is 9.67 Å². The number of aliphatic imine (C=N–C) groups is 1. The molecule has 1 aliphatic carbocycles. The second-order valence-electron chi connectivity index (χ2n) is 8.41. The number of hydrogen-bond donors (Lipinski definition) is 0. The predicted octanol–water partition coefficient (Wildman–Crippen LogP) is 1.91. The Balaban J connectivity index is 1.43. The standard InChI is InChI=1S/C24H31N7O3/c1-25-34-24(18-30-8-4-11-33-12-10-30)26-15-20-6-3-5-19(13-20)14-22-23(32)7-9-31(28-22)21-16-27-29(2)17-21/h6-7,9,13,16-17H,1,3-5,8,10-12,14-15,18H2,2H3. The highest BCUT2D eigenvalue weighted by atomic mass is 16.6. The average Bonchev–Trinajstić information content (AvgIpc) is 3.10. The maximum Gasteiger partial charge on any atom is 0.234 e. The first-order chi connectivity index (χ1) is 16.6. The summed E-state index contributed by atoms with van der Waals surface area (Å²) in [5, 5.41) is 12.3. The van der Waals surface area contributed by atoms with Crippen LogP contribution in [0.1, 0.15) is 25.0 Å². The minimum absolute atomic E-state index is 0.0654. The number of nitrogens with zero attached hydrogens (tertiary/aromatic N) is 7. The number of oxime groups is 1. The maximum absolute atomic E-state index is 12.5. The van der Waals surface area contributed by atoms with Crippen LogP contribution in [0.25, 0.3) is 5.69 Å². The van der Waals surface area contributed by atoms with Crippen molar-refractivity contribution < 1.29 is 9.57 Å². The number of aryl methyl sites for hydroxylation is 1. The maximum atomic E-state index is 12.5. The number of aromatic nitrogens is 4. The molecule has 4 rings (SSSR count). The van der Waals surface area contributed by atoms with Crippen LogP contribution in [0, 0.1) is 0 Å². The lowest BCUT2D eigenvalue weighted by molar-refractivity contribution is 0.142. The molecule has 0 saturated carbocycles. The van der Waals surface area contributed by atoms with E-state index in [-0.39, 0.29) is 5.43 Å². The van der Waals surface area contributed by atoms with Gasteiger partial charge in [-0.1, -0.05) is 22.9 Å². The van der Waals surface area contributed by atoms with Crippen molar-refractivity contribution in [3.05, 3.63) is 63.9 Å². The van der Waals surface area contributed by atoms with Crippen molar-refractivity contribution in [1.29, 1.82) is 0 Å². The highest BCUT2D eigenvalue weighted by Crippen LogP contribution is 2.20. The Bertz CT molecular complexity index is 1140. The molecule has 1 aliphatic heterocycles. The Kier molecular flexibility index (Phi) is 8.16. The van der Waals surface area contributed by atoms with Crippen molar-refractivity contribution in [3.8, 4) is 5.69 Å². The minimum Gasteiger partial charge on any atom is -0.380 e. The van der Waals surface area contributed by atoms with Gasteiger partial charge >= 0.3 is 0 Å². The van der Waals surface area contributed by atoms with E-state index in [9.17, 15) is 4.79 Å². The van der Waals surface area contributed by atoms with Crippen molar-refractivity contribution in [1.82, 2.24) is 24.5 Å². The highest BCUT2D eigenvalue weighted by Gasteiger charge is 2.15. The molecular weight excluding hydrogens is 434 g/mol. The lowest BCUT2D eigenvalue weighted by Gasteiger charge is -2.19. The van der Waals surface area contributed by atoms with Gasteiger partial charge in [0.1, 0.15) is 11.4 Å². The summed E-state index contributed by atoms with van der Waals surface area (Å²) in [5.41, 5.74) is 3.52. The van der Waals surface area contributed by atoms with Crippen molar-refractivity contribution in [2.24, 2.45) is 17.2 Å². The summed E-state index contributed by atoms with van der Waals surface area (Å²) < 4.78 is 8.91. The van der Waals surface area contributed by atoms with E-state index in [1.54, 1.807) is 27.8 Å². The molecule has 0 aromatic carbocycles. The Morgan fingerprint density at radius 3 is 3.06 bits per heavy atom. The number of allylic oxidation sites excluding steroid dienone is 2. The van der Waals surface area contributed by atoms with E-state index in [0.29, 0.717) is 37.7 Å². The normalized spacial score (nSPS) is 17.6. The fourth-order valence-electron chi connectivity index (χ4n) is 4.05. The first kappa shape index (κ1) is 23.8. The van der Waals surface area contributed by atoms with Crippen LogP contribution in [0.3, 0.4) is 0 Å². The molecule has 0 atom stereocenters. The van der Waals surface area contributed by atoms with Gasteiger partial charge in [0, 0.05) is 52.1 Å². The van der Waals surface area contributed by atoms with Crippen molar-refractivity contribution in [2.45, 2.75) is 25.7 Å². The highest BCUT2D eigenvalue weighted by molar-refractivity contribution is 5.78. The first-order valence-corrected chi connectivity index (χ1v) is 11.5.